The van der Waals surface area contributed by atoms with Crippen molar-refractivity contribution in [3.05, 3.63) is 65.7 Å². The van der Waals surface area contributed by atoms with E-state index < -0.39 is 0 Å². The van der Waals surface area contributed by atoms with E-state index in [0.29, 0.717) is 6.10 Å². The molecule has 1 heteroatoms. The van der Waals surface area contributed by atoms with Gasteiger partial charge < -0.3 is 4.74 Å². The van der Waals surface area contributed by atoms with Crippen molar-refractivity contribution in [1.82, 2.24) is 0 Å². The normalized spacial score (nSPS) is 22.9. The molecule has 1 saturated heterocycles. The van der Waals surface area contributed by atoms with Crippen LogP contribution in [0.2, 0.25) is 0 Å². The second kappa shape index (κ2) is 3.26. The second-order valence-corrected chi connectivity index (χ2v) is 6.12. The first kappa shape index (κ1) is 10.4. The van der Waals surface area contributed by atoms with Crippen LogP contribution in [0.4, 0.5) is 0 Å². The number of rotatable bonds is 0. The highest BCUT2D eigenvalue weighted by atomic mass is 16.6. The minimum Gasteiger partial charge on any atom is -0.360 e. The molecule has 2 atom stereocenters. The third-order valence-corrected chi connectivity index (χ3v) is 5.01. The van der Waals surface area contributed by atoms with E-state index in [0.717, 1.165) is 0 Å². The van der Waals surface area contributed by atoms with Crippen LogP contribution in [-0.2, 0) is 4.74 Å². The highest BCUT2D eigenvalue weighted by Crippen LogP contribution is 2.49. The molecule has 0 saturated carbocycles. The van der Waals surface area contributed by atoms with Gasteiger partial charge in [0, 0.05) is 0 Å². The lowest BCUT2D eigenvalue weighted by Gasteiger charge is -2.16. The standard InChI is InChI=1S/C20H12O/c1-2-11-4-5-13-10-16-14(8-9-17-20(16)21-17)15-7-6-12(3-1)18(11)19(13)15/h1-10,17,20H/t17-,20+/m0/s1. The van der Waals surface area contributed by atoms with Crippen LogP contribution in [0.1, 0.15) is 17.2 Å². The van der Waals surface area contributed by atoms with Gasteiger partial charge in [-0.2, -0.15) is 0 Å². The van der Waals surface area contributed by atoms with Crippen LogP contribution in [0, 0.1) is 0 Å². The Kier molecular flexibility index (Phi) is 1.61. The number of epoxide rings is 1. The van der Waals surface area contributed by atoms with Crippen molar-refractivity contribution >= 4 is 38.4 Å². The first-order valence-electron chi connectivity index (χ1n) is 7.44. The Labute approximate surface area is 121 Å². The van der Waals surface area contributed by atoms with Crippen molar-refractivity contribution in [3.8, 4) is 0 Å². The molecule has 0 unspecified atom stereocenters. The topological polar surface area (TPSA) is 12.5 Å². The first-order chi connectivity index (χ1) is 10.4. The summed E-state index contributed by atoms with van der Waals surface area (Å²) < 4.78 is 5.74. The highest BCUT2D eigenvalue weighted by Gasteiger charge is 2.42. The Morgan fingerprint density at radius 2 is 1.62 bits per heavy atom. The van der Waals surface area contributed by atoms with Crippen molar-refractivity contribution in [2.45, 2.75) is 12.2 Å². The Balaban J connectivity index is 1.93. The zero-order valence-corrected chi connectivity index (χ0v) is 11.3. The van der Waals surface area contributed by atoms with Crippen LogP contribution in [0.3, 0.4) is 0 Å². The molecule has 0 N–H and O–H groups in total. The van der Waals surface area contributed by atoms with Gasteiger partial charge in [-0.05, 0) is 49.5 Å². The molecular formula is C20H12O. The minimum absolute atomic E-state index is 0.284. The van der Waals surface area contributed by atoms with Crippen LogP contribution >= 0.6 is 0 Å². The summed E-state index contributed by atoms with van der Waals surface area (Å²) in [5.74, 6) is 0. The molecule has 1 fully saturated rings. The van der Waals surface area contributed by atoms with E-state index in [1.165, 1.54) is 43.4 Å². The number of ether oxygens (including phenoxy) is 1. The average molecular weight is 268 g/mol. The molecule has 1 aliphatic carbocycles. The SMILES string of the molecule is C1=C[C@@H]2O[C@@H]2c2cc3ccc4cccc5ccc(c21)c3c45. The van der Waals surface area contributed by atoms with E-state index in [9.17, 15) is 0 Å². The van der Waals surface area contributed by atoms with Gasteiger partial charge in [0.1, 0.15) is 12.2 Å². The fourth-order valence-electron chi connectivity index (χ4n) is 3.99. The number of benzene rings is 4. The maximum absolute atomic E-state index is 5.74. The summed E-state index contributed by atoms with van der Waals surface area (Å²) in [6, 6.07) is 17.9. The Bertz CT molecular complexity index is 1060. The van der Waals surface area contributed by atoms with Gasteiger partial charge in [-0.25, -0.2) is 0 Å². The molecule has 0 amide bonds. The molecule has 0 aromatic heterocycles. The lowest BCUT2D eigenvalue weighted by molar-refractivity contribution is 0.395. The Morgan fingerprint density at radius 3 is 2.52 bits per heavy atom. The van der Waals surface area contributed by atoms with Gasteiger partial charge in [0.25, 0.3) is 0 Å². The molecule has 1 heterocycles. The van der Waals surface area contributed by atoms with Crippen molar-refractivity contribution < 1.29 is 4.74 Å². The molecule has 0 radical (unpaired) electrons. The smallest absolute Gasteiger partial charge is 0.114 e. The largest absolute Gasteiger partial charge is 0.360 e. The summed E-state index contributed by atoms with van der Waals surface area (Å²) >= 11 is 0. The zero-order valence-electron chi connectivity index (χ0n) is 11.3. The molecule has 1 nitrogen and oxygen atoms in total. The Hall–Kier alpha value is -2.38. The van der Waals surface area contributed by atoms with Crippen LogP contribution in [0.5, 0.6) is 0 Å². The molecule has 21 heavy (non-hydrogen) atoms. The lowest BCUT2D eigenvalue weighted by atomic mass is 9.86. The average Bonchev–Trinajstić information content (AvgIpc) is 3.32. The third kappa shape index (κ3) is 1.17. The van der Waals surface area contributed by atoms with Gasteiger partial charge in [-0.1, -0.05) is 54.6 Å². The van der Waals surface area contributed by atoms with Gasteiger partial charge >= 0.3 is 0 Å². The molecule has 0 bridgehead atoms. The second-order valence-electron chi connectivity index (χ2n) is 6.12. The molecular weight excluding hydrogens is 256 g/mol. The summed E-state index contributed by atoms with van der Waals surface area (Å²) in [6.45, 7) is 0. The van der Waals surface area contributed by atoms with Gasteiger partial charge in [-0.15, -0.1) is 0 Å². The van der Waals surface area contributed by atoms with Crippen molar-refractivity contribution in [3.63, 3.8) is 0 Å². The lowest BCUT2D eigenvalue weighted by Crippen LogP contribution is -1.97. The van der Waals surface area contributed by atoms with Gasteiger partial charge in [0.2, 0.25) is 0 Å². The van der Waals surface area contributed by atoms with E-state index in [-0.39, 0.29) is 6.10 Å². The quantitative estimate of drug-likeness (QED) is 0.321. The summed E-state index contributed by atoms with van der Waals surface area (Å²) in [4.78, 5) is 0. The highest BCUT2D eigenvalue weighted by molar-refractivity contribution is 6.24. The molecule has 0 spiro atoms. The predicted molar refractivity (Wildman–Crippen MR) is 86.8 cm³/mol. The zero-order chi connectivity index (χ0) is 13.6. The molecule has 2 aliphatic rings. The van der Waals surface area contributed by atoms with Crippen LogP contribution in [-0.4, -0.2) is 6.10 Å². The summed E-state index contributed by atoms with van der Waals surface area (Å²) in [5.41, 5.74) is 2.70. The van der Waals surface area contributed by atoms with Crippen LogP contribution in [0.15, 0.2) is 54.6 Å². The van der Waals surface area contributed by atoms with Crippen molar-refractivity contribution in [2.24, 2.45) is 0 Å². The molecule has 4 aromatic carbocycles. The van der Waals surface area contributed by atoms with E-state index in [2.05, 4.69) is 60.7 Å². The van der Waals surface area contributed by atoms with E-state index in [1.807, 2.05) is 0 Å². The molecule has 98 valence electrons. The summed E-state index contributed by atoms with van der Waals surface area (Å²) in [5, 5.41) is 8.13. The van der Waals surface area contributed by atoms with E-state index in [1.54, 1.807) is 0 Å². The van der Waals surface area contributed by atoms with Gasteiger partial charge in [0.05, 0.1) is 0 Å². The maximum Gasteiger partial charge on any atom is 0.114 e. The maximum atomic E-state index is 5.74. The Morgan fingerprint density at radius 1 is 0.810 bits per heavy atom. The number of hydrogen-bond donors (Lipinski definition) is 0. The first-order valence-corrected chi connectivity index (χ1v) is 7.44. The van der Waals surface area contributed by atoms with Crippen LogP contribution < -0.4 is 0 Å². The fourth-order valence-corrected chi connectivity index (χ4v) is 3.99. The van der Waals surface area contributed by atoms with Crippen LogP contribution in [0.25, 0.3) is 38.4 Å². The van der Waals surface area contributed by atoms with Crippen molar-refractivity contribution in [1.29, 1.82) is 0 Å². The van der Waals surface area contributed by atoms with Gasteiger partial charge in [-0.3, -0.25) is 0 Å². The number of fused-ring (bicyclic) bond motifs is 4. The van der Waals surface area contributed by atoms with E-state index >= 15 is 0 Å². The fraction of sp³-hybridized carbons (Fsp3) is 0.100. The summed E-state index contributed by atoms with van der Waals surface area (Å²) in [6.07, 6.45) is 5.04. The van der Waals surface area contributed by atoms with Crippen molar-refractivity contribution in [2.75, 3.05) is 0 Å². The predicted octanol–water partition coefficient (Wildman–Crippen LogP) is 5.05. The molecule has 4 aromatic rings. The minimum atomic E-state index is 0.284. The molecule has 1 aliphatic heterocycles. The third-order valence-electron chi connectivity index (χ3n) is 5.01. The van der Waals surface area contributed by atoms with Gasteiger partial charge in [0.15, 0.2) is 0 Å². The summed E-state index contributed by atoms with van der Waals surface area (Å²) in [7, 11) is 0. The monoisotopic (exact) mass is 268 g/mol. The number of hydrogen-bond acceptors (Lipinski definition) is 1. The van der Waals surface area contributed by atoms with E-state index in [4.69, 9.17) is 4.74 Å². The molecule has 6 rings (SSSR count).